The Balaban J connectivity index is 1.70. The van der Waals surface area contributed by atoms with Crippen molar-refractivity contribution in [2.75, 3.05) is 6.61 Å². The van der Waals surface area contributed by atoms with Crippen molar-refractivity contribution in [1.82, 2.24) is 0 Å². The summed E-state index contributed by atoms with van der Waals surface area (Å²) in [6.07, 6.45) is 10.7. The topological polar surface area (TPSA) is 12.5 Å². The van der Waals surface area contributed by atoms with Crippen molar-refractivity contribution in [3.05, 3.63) is 11.1 Å². The molecule has 0 aliphatic carbocycles. The maximum Gasteiger partial charge on any atom is 0.0810 e. The summed E-state index contributed by atoms with van der Waals surface area (Å²) in [5.41, 5.74) is 0. The van der Waals surface area contributed by atoms with Gasteiger partial charge in [-0.25, -0.2) is 0 Å². The maximum atomic E-state index is 5.14. The van der Waals surface area contributed by atoms with Crippen LogP contribution in [0.25, 0.3) is 0 Å². The second-order valence-electron chi connectivity index (χ2n) is 3.31. The third kappa shape index (κ3) is 5.78. The van der Waals surface area contributed by atoms with Gasteiger partial charge in [0.1, 0.15) is 0 Å². The largest absolute Gasteiger partial charge is 0.373 e. The first-order chi connectivity index (χ1) is 5.93. The highest BCUT2D eigenvalue weighted by Crippen LogP contribution is 2.17. The highest BCUT2D eigenvalue weighted by Gasteiger charge is 2.20. The lowest BCUT2D eigenvalue weighted by Gasteiger charge is -1.96. The molecule has 0 spiro atoms. The Labute approximate surface area is 83.3 Å². The van der Waals surface area contributed by atoms with Crippen LogP contribution in [0.2, 0.25) is 0 Å². The van der Waals surface area contributed by atoms with E-state index in [2.05, 4.69) is 22.0 Å². The van der Waals surface area contributed by atoms with Gasteiger partial charge in [0.05, 0.1) is 12.7 Å². The van der Waals surface area contributed by atoms with E-state index in [1.807, 2.05) is 4.99 Å². The normalized spacial score (nSPS) is 21.9. The van der Waals surface area contributed by atoms with Crippen molar-refractivity contribution >= 4 is 15.9 Å². The van der Waals surface area contributed by atoms with E-state index in [4.69, 9.17) is 4.74 Å². The summed E-state index contributed by atoms with van der Waals surface area (Å²) in [5, 5.41) is 0. The lowest BCUT2D eigenvalue weighted by molar-refractivity contribution is 0.388. The van der Waals surface area contributed by atoms with Gasteiger partial charge in [-0.1, -0.05) is 41.3 Å². The van der Waals surface area contributed by atoms with Gasteiger partial charge in [-0.05, 0) is 24.2 Å². The van der Waals surface area contributed by atoms with E-state index in [0.29, 0.717) is 6.10 Å². The standard InChI is InChI=1S/C10H17BrO/c11-8-6-4-2-1-3-5-7-10-9-12-10/h6,8,10H,1-5,7,9H2/b8-6+. The second-order valence-corrected chi connectivity index (χ2v) is 3.84. The monoisotopic (exact) mass is 232 g/mol. The molecule has 0 amide bonds. The third-order valence-corrected chi connectivity index (χ3v) is 2.51. The summed E-state index contributed by atoms with van der Waals surface area (Å²) in [5.74, 6) is 0. The number of allylic oxidation sites excluding steroid dienone is 1. The minimum Gasteiger partial charge on any atom is -0.373 e. The Morgan fingerprint density at radius 2 is 2.00 bits per heavy atom. The van der Waals surface area contributed by atoms with Crippen LogP contribution in [-0.2, 0) is 4.74 Å². The van der Waals surface area contributed by atoms with Crippen molar-refractivity contribution < 1.29 is 4.74 Å². The molecule has 1 nitrogen and oxygen atoms in total. The van der Waals surface area contributed by atoms with E-state index in [1.165, 1.54) is 38.5 Å². The maximum absolute atomic E-state index is 5.14. The van der Waals surface area contributed by atoms with Crippen LogP contribution in [0.4, 0.5) is 0 Å². The summed E-state index contributed by atoms with van der Waals surface area (Å²) in [6.45, 7) is 1.02. The third-order valence-electron chi connectivity index (χ3n) is 2.14. The molecular weight excluding hydrogens is 216 g/mol. The fraction of sp³-hybridized carbons (Fsp3) is 0.800. The Kier molecular flexibility index (Phi) is 5.70. The molecule has 1 heterocycles. The molecule has 2 heteroatoms. The minimum absolute atomic E-state index is 0.632. The van der Waals surface area contributed by atoms with Crippen molar-refractivity contribution in [3.63, 3.8) is 0 Å². The lowest BCUT2D eigenvalue weighted by atomic mass is 10.1. The summed E-state index contributed by atoms with van der Waals surface area (Å²) in [7, 11) is 0. The molecule has 0 radical (unpaired) electrons. The Morgan fingerprint density at radius 3 is 2.67 bits per heavy atom. The molecule has 0 aromatic rings. The minimum atomic E-state index is 0.632. The number of hydrogen-bond acceptors (Lipinski definition) is 1. The van der Waals surface area contributed by atoms with Gasteiger partial charge in [-0.15, -0.1) is 0 Å². The Bertz CT molecular complexity index is 130. The van der Waals surface area contributed by atoms with Crippen LogP contribution >= 0.6 is 15.9 Å². The van der Waals surface area contributed by atoms with E-state index in [1.54, 1.807) is 0 Å². The molecule has 1 saturated heterocycles. The predicted molar refractivity (Wildman–Crippen MR) is 55.5 cm³/mol. The number of unbranched alkanes of at least 4 members (excludes halogenated alkanes) is 4. The molecule has 0 N–H and O–H groups in total. The quantitative estimate of drug-likeness (QED) is 0.483. The molecule has 0 aromatic carbocycles. The average Bonchev–Trinajstić information content (AvgIpc) is 2.87. The van der Waals surface area contributed by atoms with E-state index in [0.717, 1.165) is 6.61 Å². The molecule has 0 saturated carbocycles. The molecule has 0 aromatic heterocycles. The van der Waals surface area contributed by atoms with Crippen molar-refractivity contribution in [1.29, 1.82) is 0 Å². The zero-order chi connectivity index (χ0) is 8.65. The summed E-state index contributed by atoms with van der Waals surface area (Å²) in [4.78, 5) is 1.95. The average molecular weight is 233 g/mol. The Hall–Kier alpha value is 0.180. The molecule has 1 aliphatic heterocycles. The zero-order valence-corrected chi connectivity index (χ0v) is 9.05. The van der Waals surface area contributed by atoms with Gasteiger partial charge in [0.2, 0.25) is 0 Å². The number of rotatable bonds is 7. The van der Waals surface area contributed by atoms with Gasteiger partial charge in [0, 0.05) is 0 Å². The summed E-state index contributed by atoms with van der Waals surface area (Å²) in [6, 6.07) is 0. The van der Waals surface area contributed by atoms with Crippen LogP contribution in [-0.4, -0.2) is 12.7 Å². The second kappa shape index (κ2) is 6.67. The summed E-state index contributed by atoms with van der Waals surface area (Å²) >= 11 is 3.26. The van der Waals surface area contributed by atoms with Gasteiger partial charge in [-0.3, -0.25) is 0 Å². The number of ether oxygens (including phenoxy) is 1. The van der Waals surface area contributed by atoms with Gasteiger partial charge in [-0.2, -0.15) is 0 Å². The van der Waals surface area contributed by atoms with E-state index >= 15 is 0 Å². The fourth-order valence-corrected chi connectivity index (χ4v) is 1.55. The van der Waals surface area contributed by atoms with E-state index < -0.39 is 0 Å². The fourth-order valence-electron chi connectivity index (χ4n) is 1.29. The first kappa shape index (κ1) is 10.3. The van der Waals surface area contributed by atoms with E-state index in [-0.39, 0.29) is 0 Å². The molecule has 1 aliphatic rings. The smallest absolute Gasteiger partial charge is 0.0810 e. The first-order valence-electron chi connectivity index (χ1n) is 4.80. The van der Waals surface area contributed by atoms with Crippen LogP contribution in [0.3, 0.4) is 0 Å². The van der Waals surface area contributed by atoms with Gasteiger partial charge in [0.25, 0.3) is 0 Å². The molecule has 70 valence electrons. The van der Waals surface area contributed by atoms with Crippen molar-refractivity contribution in [3.8, 4) is 0 Å². The van der Waals surface area contributed by atoms with Crippen LogP contribution in [0.1, 0.15) is 38.5 Å². The van der Waals surface area contributed by atoms with Crippen LogP contribution in [0.15, 0.2) is 11.1 Å². The predicted octanol–water partition coefficient (Wildman–Crippen LogP) is 3.63. The number of halogens is 1. The Morgan fingerprint density at radius 1 is 1.25 bits per heavy atom. The molecule has 1 unspecified atom stereocenters. The molecule has 0 bridgehead atoms. The number of epoxide rings is 1. The molecule has 12 heavy (non-hydrogen) atoms. The first-order valence-corrected chi connectivity index (χ1v) is 5.72. The van der Waals surface area contributed by atoms with Gasteiger partial charge >= 0.3 is 0 Å². The highest BCUT2D eigenvalue weighted by atomic mass is 79.9. The summed E-state index contributed by atoms with van der Waals surface area (Å²) < 4.78 is 5.14. The SMILES string of the molecule is Br/C=C/CCCCCCC1CO1. The number of hydrogen-bond donors (Lipinski definition) is 0. The van der Waals surface area contributed by atoms with Crippen molar-refractivity contribution in [2.45, 2.75) is 44.6 Å². The lowest BCUT2D eigenvalue weighted by Crippen LogP contribution is -1.85. The van der Waals surface area contributed by atoms with Crippen LogP contribution in [0.5, 0.6) is 0 Å². The van der Waals surface area contributed by atoms with Crippen LogP contribution < -0.4 is 0 Å². The van der Waals surface area contributed by atoms with Gasteiger partial charge < -0.3 is 4.74 Å². The highest BCUT2D eigenvalue weighted by molar-refractivity contribution is 9.11. The molecular formula is C10H17BrO. The van der Waals surface area contributed by atoms with Crippen molar-refractivity contribution in [2.24, 2.45) is 0 Å². The molecule has 1 atom stereocenters. The molecule has 1 rings (SSSR count). The van der Waals surface area contributed by atoms with Crippen LogP contribution in [0, 0.1) is 0 Å². The molecule has 1 fully saturated rings. The van der Waals surface area contributed by atoms with Gasteiger partial charge in [0.15, 0.2) is 0 Å². The van der Waals surface area contributed by atoms with E-state index in [9.17, 15) is 0 Å². The zero-order valence-electron chi connectivity index (χ0n) is 7.47.